The second kappa shape index (κ2) is 6.55. The van der Waals surface area contributed by atoms with E-state index in [0.717, 1.165) is 16.8 Å². The third-order valence-corrected chi connectivity index (χ3v) is 2.68. The number of anilines is 1. The first-order valence-corrected chi connectivity index (χ1v) is 6.16. The molecule has 0 bridgehead atoms. The van der Waals surface area contributed by atoms with Crippen LogP contribution in [0.1, 0.15) is 11.1 Å². The van der Waals surface area contributed by atoms with E-state index in [1.54, 1.807) is 35.3 Å². The standard InChI is InChI=1S/C15H15N3O2/c1-12-10-13(4-2-9-19)5-6-14(12)17-15(20)11-18-8-3-7-16-18/h3,5-8,10,19H,9,11H2,1H3,(H,17,20). The highest BCUT2D eigenvalue weighted by atomic mass is 16.2. The van der Waals surface area contributed by atoms with Crippen LogP contribution in [0.2, 0.25) is 0 Å². The third-order valence-electron chi connectivity index (χ3n) is 2.68. The minimum Gasteiger partial charge on any atom is -0.384 e. The fourth-order valence-electron chi connectivity index (χ4n) is 1.75. The number of hydrogen-bond donors (Lipinski definition) is 2. The smallest absolute Gasteiger partial charge is 0.246 e. The van der Waals surface area contributed by atoms with Crippen LogP contribution in [0.5, 0.6) is 0 Å². The minimum atomic E-state index is -0.165. The molecule has 2 rings (SSSR count). The Morgan fingerprint density at radius 2 is 2.35 bits per heavy atom. The summed E-state index contributed by atoms with van der Waals surface area (Å²) in [6, 6.07) is 7.25. The molecule has 0 fully saturated rings. The van der Waals surface area contributed by atoms with E-state index in [-0.39, 0.29) is 19.1 Å². The number of nitrogens with zero attached hydrogens (tertiary/aromatic N) is 2. The molecule has 1 heterocycles. The van der Waals surface area contributed by atoms with Crippen LogP contribution in [0.25, 0.3) is 0 Å². The molecule has 102 valence electrons. The maximum absolute atomic E-state index is 11.9. The molecule has 0 radical (unpaired) electrons. The molecule has 0 unspecified atom stereocenters. The van der Waals surface area contributed by atoms with E-state index in [0.29, 0.717) is 0 Å². The maximum atomic E-state index is 11.9. The van der Waals surface area contributed by atoms with Crippen molar-refractivity contribution >= 4 is 11.6 Å². The Morgan fingerprint density at radius 1 is 1.50 bits per heavy atom. The Balaban J connectivity index is 2.04. The van der Waals surface area contributed by atoms with E-state index >= 15 is 0 Å². The van der Waals surface area contributed by atoms with Crippen LogP contribution in [0.3, 0.4) is 0 Å². The number of amides is 1. The van der Waals surface area contributed by atoms with Crippen molar-refractivity contribution in [1.29, 1.82) is 0 Å². The monoisotopic (exact) mass is 269 g/mol. The number of aryl methyl sites for hydroxylation is 1. The van der Waals surface area contributed by atoms with E-state index < -0.39 is 0 Å². The lowest BCUT2D eigenvalue weighted by Gasteiger charge is -2.08. The number of carbonyl (C=O) groups is 1. The number of aromatic nitrogens is 2. The molecule has 5 heteroatoms. The summed E-state index contributed by atoms with van der Waals surface area (Å²) in [5.74, 6) is 5.28. The first-order chi connectivity index (χ1) is 9.69. The minimum absolute atomic E-state index is 0.133. The SMILES string of the molecule is Cc1cc(C#CCO)ccc1NC(=O)Cn1cccn1. The summed E-state index contributed by atoms with van der Waals surface area (Å²) in [5.41, 5.74) is 2.47. The van der Waals surface area contributed by atoms with Crippen LogP contribution in [0.4, 0.5) is 5.69 Å². The van der Waals surface area contributed by atoms with Gasteiger partial charge < -0.3 is 10.4 Å². The Hall–Kier alpha value is -2.58. The van der Waals surface area contributed by atoms with Gasteiger partial charge in [-0.25, -0.2) is 0 Å². The molecular weight excluding hydrogens is 254 g/mol. The summed E-state index contributed by atoms with van der Waals surface area (Å²) in [5, 5.41) is 15.5. The number of benzene rings is 1. The summed E-state index contributed by atoms with van der Waals surface area (Å²) >= 11 is 0. The van der Waals surface area contributed by atoms with E-state index in [1.807, 2.05) is 13.0 Å². The van der Waals surface area contributed by atoms with Crippen LogP contribution in [0.15, 0.2) is 36.7 Å². The topological polar surface area (TPSA) is 67.2 Å². The number of aliphatic hydroxyl groups is 1. The Bertz CT molecular complexity index is 651. The molecule has 1 amide bonds. The quantitative estimate of drug-likeness (QED) is 0.822. The van der Waals surface area contributed by atoms with Crippen LogP contribution >= 0.6 is 0 Å². The van der Waals surface area contributed by atoms with Gasteiger partial charge in [0.2, 0.25) is 5.91 Å². The average molecular weight is 269 g/mol. The van der Waals surface area contributed by atoms with Crippen molar-refractivity contribution in [3.05, 3.63) is 47.8 Å². The average Bonchev–Trinajstić information content (AvgIpc) is 2.92. The summed E-state index contributed by atoms with van der Waals surface area (Å²) in [4.78, 5) is 11.9. The normalized spacial score (nSPS) is 9.70. The van der Waals surface area contributed by atoms with Gasteiger partial charge in [0.15, 0.2) is 0 Å². The zero-order chi connectivity index (χ0) is 14.4. The van der Waals surface area contributed by atoms with Crippen molar-refractivity contribution in [2.24, 2.45) is 0 Å². The molecule has 2 aromatic rings. The van der Waals surface area contributed by atoms with Gasteiger partial charge in [0.1, 0.15) is 13.2 Å². The molecule has 0 saturated heterocycles. The molecule has 0 aliphatic heterocycles. The lowest BCUT2D eigenvalue weighted by Crippen LogP contribution is -2.19. The lowest BCUT2D eigenvalue weighted by molar-refractivity contribution is -0.116. The Kier molecular flexibility index (Phi) is 4.53. The van der Waals surface area contributed by atoms with E-state index in [4.69, 9.17) is 5.11 Å². The molecule has 5 nitrogen and oxygen atoms in total. The summed E-state index contributed by atoms with van der Waals surface area (Å²) in [6.07, 6.45) is 3.37. The van der Waals surface area contributed by atoms with Gasteiger partial charge in [0.05, 0.1) is 0 Å². The highest BCUT2D eigenvalue weighted by Gasteiger charge is 2.06. The predicted octanol–water partition coefficient (Wildman–Crippen LogP) is 1.17. The number of rotatable bonds is 3. The number of nitrogens with one attached hydrogen (secondary N) is 1. The van der Waals surface area contributed by atoms with E-state index in [9.17, 15) is 4.79 Å². The van der Waals surface area contributed by atoms with Crippen molar-refractivity contribution in [1.82, 2.24) is 9.78 Å². The highest BCUT2D eigenvalue weighted by molar-refractivity contribution is 5.91. The molecule has 0 aliphatic rings. The van der Waals surface area contributed by atoms with Gasteiger partial charge in [-0.15, -0.1) is 0 Å². The molecule has 2 N–H and O–H groups in total. The van der Waals surface area contributed by atoms with Crippen LogP contribution < -0.4 is 5.32 Å². The zero-order valence-corrected chi connectivity index (χ0v) is 11.1. The van der Waals surface area contributed by atoms with E-state index in [2.05, 4.69) is 22.3 Å². The Labute approximate surface area is 117 Å². The van der Waals surface area contributed by atoms with Gasteiger partial charge in [-0.1, -0.05) is 11.8 Å². The van der Waals surface area contributed by atoms with Crippen LogP contribution in [-0.4, -0.2) is 27.4 Å². The summed E-state index contributed by atoms with van der Waals surface area (Å²) in [6.45, 7) is 1.91. The van der Waals surface area contributed by atoms with Gasteiger partial charge >= 0.3 is 0 Å². The molecular formula is C15H15N3O2. The van der Waals surface area contributed by atoms with Crippen molar-refractivity contribution in [2.75, 3.05) is 11.9 Å². The summed E-state index contributed by atoms with van der Waals surface area (Å²) < 4.78 is 1.56. The first-order valence-electron chi connectivity index (χ1n) is 6.16. The molecule has 0 saturated carbocycles. The number of hydrogen-bond acceptors (Lipinski definition) is 3. The number of aliphatic hydroxyl groups excluding tert-OH is 1. The fourth-order valence-corrected chi connectivity index (χ4v) is 1.75. The second-order valence-corrected chi connectivity index (χ2v) is 4.24. The number of carbonyl (C=O) groups excluding carboxylic acids is 1. The second-order valence-electron chi connectivity index (χ2n) is 4.24. The maximum Gasteiger partial charge on any atom is 0.246 e. The summed E-state index contributed by atoms with van der Waals surface area (Å²) in [7, 11) is 0. The zero-order valence-electron chi connectivity index (χ0n) is 11.1. The molecule has 0 aliphatic carbocycles. The van der Waals surface area contributed by atoms with E-state index in [1.165, 1.54) is 0 Å². The van der Waals surface area contributed by atoms with Gasteiger partial charge in [-0.3, -0.25) is 9.48 Å². The first kappa shape index (κ1) is 13.8. The molecule has 0 spiro atoms. The molecule has 20 heavy (non-hydrogen) atoms. The molecule has 0 atom stereocenters. The van der Waals surface area contributed by atoms with Crippen molar-refractivity contribution < 1.29 is 9.90 Å². The van der Waals surface area contributed by atoms with Crippen molar-refractivity contribution in [2.45, 2.75) is 13.5 Å². The van der Waals surface area contributed by atoms with Crippen molar-refractivity contribution in [3.63, 3.8) is 0 Å². The van der Waals surface area contributed by atoms with Gasteiger partial charge in [-0.2, -0.15) is 5.10 Å². The lowest BCUT2D eigenvalue weighted by atomic mass is 10.1. The van der Waals surface area contributed by atoms with Crippen molar-refractivity contribution in [3.8, 4) is 11.8 Å². The van der Waals surface area contributed by atoms with Gasteiger partial charge in [0, 0.05) is 23.6 Å². The fraction of sp³-hybridized carbons (Fsp3) is 0.200. The van der Waals surface area contributed by atoms with Gasteiger partial charge in [0.25, 0.3) is 0 Å². The molecule has 1 aromatic carbocycles. The van der Waals surface area contributed by atoms with Crippen LogP contribution in [0, 0.1) is 18.8 Å². The highest BCUT2D eigenvalue weighted by Crippen LogP contribution is 2.16. The molecule has 1 aromatic heterocycles. The predicted molar refractivity (Wildman–Crippen MR) is 76.0 cm³/mol. The largest absolute Gasteiger partial charge is 0.384 e. The third kappa shape index (κ3) is 3.70. The Morgan fingerprint density at radius 3 is 3.00 bits per heavy atom. The van der Waals surface area contributed by atoms with Gasteiger partial charge in [-0.05, 0) is 36.8 Å². The van der Waals surface area contributed by atoms with Crippen LogP contribution in [-0.2, 0) is 11.3 Å².